The third-order valence-corrected chi connectivity index (χ3v) is 5.32. The molecule has 4 rings (SSSR count). The van der Waals surface area contributed by atoms with Crippen LogP contribution in [0.3, 0.4) is 0 Å². The van der Waals surface area contributed by atoms with Crippen molar-refractivity contribution in [1.82, 2.24) is 0 Å². The largest absolute Gasteiger partial charge is 4.00 e. The molecule has 0 radical (unpaired) electrons. The maximum absolute atomic E-state index is 13.2. The standard InChI is InChI=1S/2C10H10F2NO.2C6H7.Ti/c2*1-3-13(7(2)14)10-5-4-8(11)6-9(10)12;2*1-6-4-2-3-5-6;/h2*4-5H,3H2,1-2H3;2*2-5H,1H3;/q4*-1;+4. The predicted molar refractivity (Wildman–Crippen MR) is 151 cm³/mol. The number of nitrogens with zero attached hydrogens (tertiary/aromatic N) is 2. The van der Waals surface area contributed by atoms with Crippen LogP contribution in [0.1, 0.15) is 38.8 Å². The Bertz CT molecular complexity index is 1210. The SMILES string of the molecule is CCN(C(C)=O)c1ccc(F)[c-]c1F.CCN(C(C)=O)c1ccc(F)[c-]c1F.C[c-]1cccc1.C[c-]1cccc1.[Ti+4]. The van der Waals surface area contributed by atoms with Crippen LogP contribution in [0.25, 0.3) is 0 Å². The average Bonchev–Trinajstić information content (AvgIpc) is 3.57. The van der Waals surface area contributed by atoms with Crippen molar-refractivity contribution in [1.29, 1.82) is 0 Å². The first-order valence-corrected chi connectivity index (χ1v) is 12.6. The van der Waals surface area contributed by atoms with Crippen molar-refractivity contribution in [3.8, 4) is 0 Å². The third kappa shape index (κ3) is 13.6. The molecule has 9 heteroatoms. The van der Waals surface area contributed by atoms with Crippen molar-refractivity contribution in [2.75, 3.05) is 22.9 Å². The minimum absolute atomic E-state index is 0. The maximum Gasteiger partial charge on any atom is 4.00 e. The van der Waals surface area contributed by atoms with Gasteiger partial charge in [-0.05, 0) is 25.2 Å². The van der Waals surface area contributed by atoms with Crippen molar-refractivity contribution < 1.29 is 48.9 Å². The maximum atomic E-state index is 13.2. The average molecular weight is 602 g/mol. The van der Waals surface area contributed by atoms with Gasteiger partial charge >= 0.3 is 21.7 Å². The smallest absolute Gasteiger partial charge is 0.364 e. The Morgan fingerprint density at radius 1 is 0.659 bits per heavy atom. The van der Waals surface area contributed by atoms with Crippen molar-refractivity contribution in [3.05, 3.63) is 119 Å². The van der Waals surface area contributed by atoms with E-state index in [-0.39, 0.29) is 44.9 Å². The van der Waals surface area contributed by atoms with Crippen LogP contribution in [0, 0.1) is 49.2 Å². The van der Waals surface area contributed by atoms with Gasteiger partial charge in [0.2, 0.25) is 11.8 Å². The van der Waals surface area contributed by atoms with Crippen molar-refractivity contribution in [2.24, 2.45) is 0 Å². The summed E-state index contributed by atoms with van der Waals surface area (Å²) in [4.78, 5) is 24.6. The summed E-state index contributed by atoms with van der Waals surface area (Å²) in [6.07, 6.45) is 0. The third-order valence-electron chi connectivity index (χ3n) is 5.32. The first-order valence-electron chi connectivity index (χ1n) is 12.6. The van der Waals surface area contributed by atoms with Crippen LogP contribution in [0.5, 0.6) is 0 Å². The molecule has 4 nitrogen and oxygen atoms in total. The first-order chi connectivity index (χ1) is 18.9. The molecule has 0 fully saturated rings. The van der Waals surface area contributed by atoms with Gasteiger partial charge < -0.3 is 9.80 Å². The Morgan fingerprint density at radius 3 is 1.12 bits per heavy atom. The minimum Gasteiger partial charge on any atom is -0.364 e. The Labute approximate surface area is 255 Å². The number of hydrogen-bond donors (Lipinski definition) is 0. The number of hydrogen-bond acceptors (Lipinski definition) is 2. The van der Waals surface area contributed by atoms with E-state index in [9.17, 15) is 27.2 Å². The second kappa shape index (κ2) is 19.6. The molecule has 4 aromatic rings. The van der Waals surface area contributed by atoms with Gasteiger partial charge in [-0.25, -0.2) is 41.8 Å². The number of halogens is 4. The molecular weight excluding hydrogens is 568 g/mol. The number of benzene rings is 2. The van der Waals surface area contributed by atoms with E-state index in [2.05, 4.69) is 38.1 Å². The molecule has 0 saturated heterocycles. The summed E-state index contributed by atoms with van der Waals surface area (Å²) in [6.45, 7) is 10.9. The molecule has 0 aliphatic carbocycles. The van der Waals surface area contributed by atoms with E-state index in [1.807, 2.05) is 36.4 Å². The van der Waals surface area contributed by atoms with Crippen LogP contribution in [0.15, 0.2) is 72.8 Å². The molecule has 0 unspecified atom stereocenters. The minimum atomic E-state index is -0.845. The summed E-state index contributed by atoms with van der Waals surface area (Å²) >= 11 is 0. The van der Waals surface area contributed by atoms with E-state index in [0.717, 1.165) is 12.1 Å². The number of amides is 2. The molecular formula is C32H34F4N2O2Ti. The van der Waals surface area contributed by atoms with Gasteiger partial charge in [-0.3, -0.25) is 9.59 Å². The second-order valence-electron chi connectivity index (χ2n) is 8.46. The van der Waals surface area contributed by atoms with Crippen LogP contribution >= 0.6 is 0 Å². The van der Waals surface area contributed by atoms with Gasteiger partial charge in [0.25, 0.3) is 0 Å². The number of rotatable bonds is 4. The van der Waals surface area contributed by atoms with Gasteiger partial charge in [-0.2, -0.15) is 35.4 Å². The van der Waals surface area contributed by atoms with E-state index < -0.39 is 23.3 Å². The van der Waals surface area contributed by atoms with Gasteiger partial charge in [0.05, 0.1) is 0 Å². The van der Waals surface area contributed by atoms with Gasteiger partial charge in [0.1, 0.15) is 0 Å². The van der Waals surface area contributed by atoms with E-state index in [0.29, 0.717) is 13.1 Å². The quantitative estimate of drug-likeness (QED) is 0.137. The molecule has 0 N–H and O–H groups in total. The zero-order valence-electron chi connectivity index (χ0n) is 24.1. The van der Waals surface area contributed by atoms with E-state index >= 15 is 0 Å². The number of carbonyl (C=O) groups excluding carboxylic acids is 2. The van der Waals surface area contributed by atoms with Gasteiger partial charge in [-0.15, -0.1) is 36.4 Å². The van der Waals surface area contributed by atoms with Crippen molar-refractivity contribution in [2.45, 2.75) is 41.5 Å². The molecule has 0 aliphatic heterocycles. The van der Waals surface area contributed by atoms with E-state index in [1.54, 1.807) is 13.8 Å². The molecule has 0 aromatic heterocycles. The monoisotopic (exact) mass is 602 g/mol. The Kier molecular flexibility index (Phi) is 17.9. The fraction of sp³-hybridized carbons (Fsp3) is 0.250. The summed E-state index contributed by atoms with van der Waals surface area (Å²) in [5.41, 5.74) is 2.80. The van der Waals surface area contributed by atoms with Gasteiger partial charge in [0.15, 0.2) is 0 Å². The summed E-state index contributed by atoms with van der Waals surface area (Å²) in [5.74, 6) is -3.81. The second-order valence-corrected chi connectivity index (χ2v) is 8.46. The fourth-order valence-electron chi connectivity index (χ4n) is 3.35. The van der Waals surface area contributed by atoms with E-state index in [1.165, 1.54) is 46.9 Å². The molecule has 0 aliphatic rings. The molecule has 4 aromatic carbocycles. The van der Waals surface area contributed by atoms with Crippen LogP contribution in [0.4, 0.5) is 28.9 Å². The molecule has 2 amide bonds. The van der Waals surface area contributed by atoms with E-state index in [4.69, 9.17) is 0 Å². The molecule has 0 bridgehead atoms. The van der Waals surface area contributed by atoms with Gasteiger partial charge in [0, 0.05) is 50.2 Å². The molecule has 0 atom stereocenters. The van der Waals surface area contributed by atoms with Crippen LogP contribution < -0.4 is 9.80 Å². The summed E-state index contributed by atoms with van der Waals surface area (Å²) < 4.78 is 51.4. The van der Waals surface area contributed by atoms with Crippen LogP contribution in [-0.2, 0) is 31.3 Å². The Morgan fingerprint density at radius 2 is 0.951 bits per heavy atom. The molecule has 0 heterocycles. The number of carbonyl (C=O) groups is 2. The zero-order valence-corrected chi connectivity index (χ0v) is 25.6. The first kappa shape index (κ1) is 37.5. The summed E-state index contributed by atoms with van der Waals surface area (Å²) in [7, 11) is 0. The molecule has 0 spiro atoms. The Balaban J connectivity index is 0.000000552. The van der Waals surface area contributed by atoms with Crippen molar-refractivity contribution >= 4 is 23.2 Å². The Hall–Kier alpha value is -3.49. The predicted octanol–water partition coefficient (Wildman–Crippen LogP) is 7.70. The summed E-state index contributed by atoms with van der Waals surface area (Å²) in [6, 6.07) is 24.8. The number of anilines is 2. The molecule has 41 heavy (non-hydrogen) atoms. The summed E-state index contributed by atoms with van der Waals surface area (Å²) in [5, 5.41) is 0. The normalized spacial score (nSPS) is 9.41. The van der Waals surface area contributed by atoms with Crippen LogP contribution in [0.2, 0.25) is 0 Å². The van der Waals surface area contributed by atoms with Crippen molar-refractivity contribution in [3.63, 3.8) is 0 Å². The topological polar surface area (TPSA) is 40.6 Å². The molecule has 216 valence electrons. The number of aryl methyl sites for hydroxylation is 2. The molecule has 0 saturated carbocycles. The zero-order chi connectivity index (χ0) is 30.2. The van der Waals surface area contributed by atoms with Crippen LogP contribution in [-0.4, -0.2) is 24.9 Å². The van der Waals surface area contributed by atoms with Gasteiger partial charge in [-0.1, -0.05) is 13.8 Å². The fourth-order valence-corrected chi connectivity index (χ4v) is 3.35.